The first-order valence-electron chi connectivity index (χ1n) is 3.23. The van der Waals surface area contributed by atoms with E-state index in [9.17, 15) is 8.22 Å². The van der Waals surface area contributed by atoms with Crippen LogP contribution in [0.3, 0.4) is 0 Å². The first kappa shape index (κ1) is 9.08. The fraction of sp³-hybridized carbons (Fsp3) is 1.00. The quantitative estimate of drug-likeness (QED) is 0.421. The van der Waals surface area contributed by atoms with E-state index in [4.69, 9.17) is 0 Å². The highest BCUT2D eigenvalue weighted by molar-refractivity contribution is 6.66. The molecule has 0 aliphatic carbocycles. The van der Waals surface area contributed by atoms with Crippen LogP contribution >= 0.6 is 0 Å². The van der Waals surface area contributed by atoms with Crippen LogP contribution < -0.4 is 0 Å². The van der Waals surface area contributed by atoms with Crippen molar-refractivity contribution in [3.8, 4) is 0 Å². The van der Waals surface area contributed by atoms with Gasteiger partial charge in [-0.3, -0.25) is 8.22 Å². The third-order valence-electron chi connectivity index (χ3n) is 1.80. The second-order valence-electron chi connectivity index (χ2n) is 2.99. The highest BCUT2D eigenvalue weighted by Crippen LogP contribution is 2.30. The van der Waals surface area contributed by atoms with Crippen LogP contribution in [-0.2, 0) is 0 Å². The fourth-order valence-corrected chi connectivity index (χ4v) is 1.76. The van der Waals surface area contributed by atoms with E-state index in [-0.39, 0.29) is 11.5 Å². The van der Waals surface area contributed by atoms with Crippen molar-refractivity contribution in [1.29, 1.82) is 0 Å². The van der Waals surface area contributed by atoms with Crippen molar-refractivity contribution in [2.24, 2.45) is 5.92 Å². The van der Waals surface area contributed by atoms with Crippen LogP contribution in [0.25, 0.3) is 0 Å². The van der Waals surface area contributed by atoms with Crippen molar-refractivity contribution in [2.75, 3.05) is 0 Å². The molecule has 0 heterocycles. The van der Waals surface area contributed by atoms with E-state index in [0.29, 0.717) is 0 Å². The van der Waals surface area contributed by atoms with E-state index < -0.39 is 8.74 Å². The summed E-state index contributed by atoms with van der Waals surface area (Å²) in [4.78, 5) is 0. The Bertz CT molecular complexity index is 85.5. The highest BCUT2D eigenvalue weighted by atomic mass is 28.4. The van der Waals surface area contributed by atoms with Crippen LogP contribution in [0.2, 0.25) is 12.1 Å². The van der Waals surface area contributed by atoms with Crippen molar-refractivity contribution in [2.45, 2.75) is 32.9 Å². The van der Waals surface area contributed by atoms with Crippen LogP contribution in [0.1, 0.15) is 20.8 Å². The molecule has 9 heavy (non-hydrogen) atoms. The average molecular weight is 152 g/mol. The molecule has 56 valence electrons. The van der Waals surface area contributed by atoms with Gasteiger partial charge in [0.2, 0.25) is 0 Å². The topological polar surface area (TPSA) is 0 Å². The summed E-state index contributed by atoms with van der Waals surface area (Å²) in [5.74, 6) is 0.122. The second-order valence-corrected chi connectivity index (χ2v) is 5.81. The van der Waals surface area contributed by atoms with Crippen LogP contribution in [0.4, 0.5) is 8.22 Å². The van der Waals surface area contributed by atoms with Crippen molar-refractivity contribution in [1.82, 2.24) is 0 Å². The van der Waals surface area contributed by atoms with Gasteiger partial charge in [-0.05, 0) is 12.5 Å². The first-order chi connectivity index (χ1) is 3.85. The molecule has 0 saturated heterocycles. The lowest BCUT2D eigenvalue weighted by Gasteiger charge is -2.19. The molecule has 0 radical (unpaired) electrons. The van der Waals surface area contributed by atoms with Crippen LogP contribution in [0.15, 0.2) is 0 Å². The van der Waals surface area contributed by atoms with Gasteiger partial charge < -0.3 is 0 Å². The summed E-state index contributed by atoms with van der Waals surface area (Å²) in [7, 11) is -3.82. The number of hydrogen-bond donors (Lipinski definition) is 0. The summed E-state index contributed by atoms with van der Waals surface area (Å²) in [6.07, 6.45) is 0. The van der Waals surface area contributed by atoms with Gasteiger partial charge in [0.1, 0.15) is 0 Å². The lowest BCUT2D eigenvalue weighted by Crippen LogP contribution is -2.26. The molecule has 0 spiro atoms. The van der Waals surface area contributed by atoms with E-state index in [1.807, 2.05) is 13.8 Å². The lowest BCUT2D eigenvalue weighted by atomic mass is 10.1. The predicted octanol–water partition coefficient (Wildman–Crippen LogP) is 3.04. The van der Waals surface area contributed by atoms with Crippen LogP contribution in [0.5, 0.6) is 0 Å². The minimum atomic E-state index is -3.82. The number of hydrogen-bond acceptors (Lipinski definition) is 0. The van der Waals surface area contributed by atoms with Gasteiger partial charge in [0.15, 0.2) is 0 Å². The molecule has 0 amide bonds. The summed E-state index contributed by atoms with van der Waals surface area (Å²) in [6.45, 7) is 6.43. The zero-order valence-electron chi connectivity index (χ0n) is 6.41. The maximum absolute atomic E-state index is 12.5. The maximum atomic E-state index is 12.5. The minimum absolute atomic E-state index is 0.122. The van der Waals surface area contributed by atoms with Gasteiger partial charge in [-0.2, -0.15) is 0 Å². The molecule has 0 bridgehead atoms. The van der Waals surface area contributed by atoms with Gasteiger partial charge >= 0.3 is 8.74 Å². The SMILES string of the molecule is CC(C)C(C)[Si](C)(F)F. The van der Waals surface area contributed by atoms with Gasteiger partial charge in [0.05, 0.1) is 0 Å². The Morgan fingerprint density at radius 2 is 1.44 bits per heavy atom. The molecule has 0 saturated carbocycles. The molecule has 0 aromatic carbocycles. The Balaban J connectivity index is 3.88. The van der Waals surface area contributed by atoms with E-state index in [1.165, 1.54) is 0 Å². The van der Waals surface area contributed by atoms with Crippen molar-refractivity contribution in [3.05, 3.63) is 0 Å². The summed E-state index contributed by atoms with van der Waals surface area (Å²) < 4.78 is 25.0. The van der Waals surface area contributed by atoms with E-state index in [2.05, 4.69) is 0 Å². The van der Waals surface area contributed by atoms with Crippen molar-refractivity contribution in [3.63, 3.8) is 0 Å². The van der Waals surface area contributed by atoms with Gasteiger partial charge in [0.25, 0.3) is 0 Å². The zero-order valence-corrected chi connectivity index (χ0v) is 7.41. The molecule has 1 unspecified atom stereocenters. The standard InChI is InChI=1S/C6H14F2Si/c1-5(2)6(3)9(4,7)8/h5-6H,1-4H3. The van der Waals surface area contributed by atoms with Gasteiger partial charge in [0, 0.05) is 5.54 Å². The second kappa shape index (κ2) is 2.77. The van der Waals surface area contributed by atoms with Crippen LogP contribution in [0, 0.1) is 5.92 Å². The molecule has 0 nitrogen and oxygen atoms in total. The zero-order chi connectivity index (χ0) is 7.65. The van der Waals surface area contributed by atoms with E-state index in [0.717, 1.165) is 6.55 Å². The molecule has 0 aliphatic rings. The predicted molar refractivity (Wildman–Crippen MR) is 38.1 cm³/mol. The number of rotatable bonds is 2. The first-order valence-corrected chi connectivity index (χ1v) is 5.57. The minimum Gasteiger partial charge on any atom is -0.270 e. The normalized spacial score (nSPS) is 16.3. The Labute approximate surface area is 56.6 Å². The molecule has 0 N–H and O–H groups in total. The van der Waals surface area contributed by atoms with Crippen molar-refractivity contribution >= 4 is 8.74 Å². The molecule has 1 atom stereocenters. The van der Waals surface area contributed by atoms with E-state index >= 15 is 0 Å². The smallest absolute Gasteiger partial charge is 0.270 e. The van der Waals surface area contributed by atoms with Crippen LogP contribution in [-0.4, -0.2) is 8.74 Å². The summed E-state index contributed by atoms with van der Waals surface area (Å²) in [5.41, 5.74) is -0.377. The number of halogens is 2. The monoisotopic (exact) mass is 152 g/mol. The average Bonchev–Trinajstić information content (AvgIpc) is 1.62. The third-order valence-corrected chi connectivity index (χ3v) is 4.07. The molecular weight excluding hydrogens is 138 g/mol. The third kappa shape index (κ3) is 2.94. The van der Waals surface area contributed by atoms with Gasteiger partial charge in [-0.25, -0.2) is 0 Å². The molecule has 0 rings (SSSR count). The van der Waals surface area contributed by atoms with Crippen molar-refractivity contribution < 1.29 is 8.22 Å². The molecule has 0 aliphatic heterocycles. The Morgan fingerprint density at radius 3 is 1.44 bits per heavy atom. The molecular formula is C6H14F2Si. The van der Waals surface area contributed by atoms with E-state index in [1.54, 1.807) is 6.92 Å². The molecule has 0 fully saturated rings. The maximum Gasteiger partial charge on any atom is 0.424 e. The Kier molecular flexibility index (Phi) is 2.80. The van der Waals surface area contributed by atoms with Gasteiger partial charge in [-0.1, -0.05) is 20.8 Å². The summed E-state index contributed by atoms with van der Waals surface area (Å²) in [5, 5.41) is 0. The molecule has 0 aromatic heterocycles. The molecule has 3 heteroatoms. The summed E-state index contributed by atoms with van der Waals surface area (Å²) in [6, 6.07) is 0. The van der Waals surface area contributed by atoms with Gasteiger partial charge in [-0.15, -0.1) is 0 Å². The lowest BCUT2D eigenvalue weighted by molar-refractivity contribution is 0.495. The largest absolute Gasteiger partial charge is 0.424 e. The molecule has 0 aromatic rings. The fourth-order valence-electron chi connectivity index (χ4n) is 0.585. The Hall–Kier alpha value is 0.0769. The highest BCUT2D eigenvalue weighted by Gasteiger charge is 2.37. The Morgan fingerprint density at radius 1 is 1.11 bits per heavy atom. The summed E-state index contributed by atoms with van der Waals surface area (Å²) >= 11 is 0.